The van der Waals surface area contributed by atoms with Gasteiger partial charge in [0, 0.05) is 36.8 Å². The lowest BCUT2D eigenvalue weighted by Crippen LogP contribution is -2.47. The van der Waals surface area contributed by atoms with Gasteiger partial charge in [-0.05, 0) is 106 Å². The number of hydrogen-bond acceptors (Lipinski definition) is 4. The maximum atomic E-state index is 14.3. The van der Waals surface area contributed by atoms with Gasteiger partial charge in [-0.15, -0.1) is 0 Å². The van der Waals surface area contributed by atoms with Gasteiger partial charge in [0.1, 0.15) is 17.7 Å². The Morgan fingerprint density at radius 1 is 1.15 bits per heavy atom. The summed E-state index contributed by atoms with van der Waals surface area (Å²) < 4.78 is 30.7. The van der Waals surface area contributed by atoms with E-state index in [1.807, 2.05) is 25.8 Å². The van der Waals surface area contributed by atoms with Gasteiger partial charge in [-0.25, -0.2) is 8.78 Å². The fourth-order valence-electron chi connectivity index (χ4n) is 8.28. The van der Waals surface area contributed by atoms with Crippen LogP contribution in [-0.4, -0.2) is 69.4 Å². The maximum Gasteiger partial charge on any atom is 0.321 e. The topological polar surface area (TPSA) is 61.6 Å². The molecule has 1 saturated heterocycles. The molecule has 2 fully saturated rings. The molecule has 1 saturated carbocycles. The third kappa shape index (κ3) is 5.26. The Morgan fingerprint density at radius 3 is 2.41 bits per heavy atom. The van der Waals surface area contributed by atoms with Gasteiger partial charge in [-0.2, -0.15) is 5.10 Å². The number of carboxylic acids is 1. The Morgan fingerprint density at radius 2 is 1.82 bits per heavy atom. The number of aliphatic carboxylic acids is 1. The van der Waals surface area contributed by atoms with Crippen molar-refractivity contribution in [2.24, 2.45) is 18.9 Å². The van der Waals surface area contributed by atoms with Crippen LogP contribution in [0, 0.1) is 23.5 Å². The Bertz CT molecular complexity index is 1180. The number of likely N-dealkylation sites (N-methyl/N-ethyl adjacent to an activating group) is 1. The van der Waals surface area contributed by atoms with Crippen LogP contribution < -0.4 is 0 Å². The molecule has 0 unspecified atom stereocenters. The van der Waals surface area contributed by atoms with Crippen LogP contribution in [0.5, 0.6) is 0 Å². The predicted molar refractivity (Wildman–Crippen MR) is 148 cm³/mol. The highest BCUT2D eigenvalue weighted by molar-refractivity contribution is 5.73. The molecule has 6 nitrogen and oxygen atoms in total. The van der Waals surface area contributed by atoms with E-state index in [2.05, 4.69) is 23.6 Å². The number of carboxylic acid groups (broad SMARTS) is 1. The second-order valence-corrected chi connectivity index (χ2v) is 12.7. The van der Waals surface area contributed by atoms with E-state index in [0.29, 0.717) is 12.0 Å². The SMILES string of the molecule is CCc1nn(C)c2c1CCC21CCN(C[C@H]2C[C@H](N(C)[C@@H](C(=O)O)C(C)C)C[C@@H]2c2cc(F)cc(F)c2)CC1. The average molecular weight is 543 g/mol. The summed E-state index contributed by atoms with van der Waals surface area (Å²) in [5.41, 5.74) is 5.07. The van der Waals surface area contributed by atoms with Gasteiger partial charge in [-0.1, -0.05) is 20.8 Å². The Hall–Kier alpha value is -2.32. The third-order valence-corrected chi connectivity index (χ3v) is 10.1. The summed E-state index contributed by atoms with van der Waals surface area (Å²) in [6, 6.07) is 3.33. The largest absolute Gasteiger partial charge is 0.480 e. The zero-order valence-electron chi connectivity index (χ0n) is 24.1. The van der Waals surface area contributed by atoms with Crippen LogP contribution in [0.3, 0.4) is 0 Å². The van der Waals surface area contributed by atoms with Crippen molar-refractivity contribution < 1.29 is 18.7 Å². The second kappa shape index (κ2) is 10.9. The van der Waals surface area contributed by atoms with Crippen LogP contribution in [0.2, 0.25) is 0 Å². The molecule has 1 N–H and O–H groups in total. The molecule has 1 aliphatic heterocycles. The van der Waals surface area contributed by atoms with E-state index in [4.69, 9.17) is 5.10 Å². The monoisotopic (exact) mass is 542 g/mol. The summed E-state index contributed by atoms with van der Waals surface area (Å²) in [7, 11) is 3.99. The maximum absolute atomic E-state index is 14.3. The van der Waals surface area contributed by atoms with E-state index in [1.165, 1.54) is 35.5 Å². The van der Waals surface area contributed by atoms with Crippen molar-refractivity contribution in [1.82, 2.24) is 19.6 Å². The highest BCUT2D eigenvalue weighted by Gasteiger charge is 2.46. The predicted octanol–water partition coefficient (Wildman–Crippen LogP) is 5.14. The number of piperidine rings is 1. The third-order valence-electron chi connectivity index (χ3n) is 10.1. The van der Waals surface area contributed by atoms with Crippen molar-refractivity contribution in [3.05, 3.63) is 52.3 Å². The molecule has 5 rings (SSSR count). The number of halogens is 2. The first-order chi connectivity index (χ1) is 18.5. The molecule has 1 aromatic carbocycles. The molecular weight excluding hydrogens is 498 g/mol. The summed E-state index contributed by atoms with van der Waals surface area (Å²) in [5, 5.41) is 14.7. The Kier molecular flexibility index (Phi) is 7.90. The lowest BCUT2D eigenvalue weighted by molar-refractivity contribution is -0.145. The number of rotatable bonds is 8. The molecule has 1 spiro atoms. The van der Waals surface area contributed by atoms with Crippen LogP contribution in [0.25, 0.3) is 0 Å². The number of likely N-dealkylation sites (tertiary alicyclic amines) is 1. The fourth-order valence-corrected chi connectivity index (χ4v) is 8.28. The second-order valence-electron chi connectivity index (χ2n) is 12.7. The lowest BCUT2D eigenvalue weighted by Gasteiger charge is -2.41. The summed E-state index contributed by atoms with van der Waals surface area (Å²) in [6.07, 6.45) is 7.03. The van der Waals surface area contributed by atoms with Crippen molar-refractivity contribution in [3.8, 4) is 0 Å². The number of carbonyl (C=O) groups is 1. The van der Waals surface area contributed by atoms with Crippen LogP contribution in [-0.2, 0) is 30.1 Å². The zero-order valence-corrected chi connectivity index (χ0v) is 24.1. The van der Waals surface area contributed by atoms with Crippen molar-refractivity contribution in [2.45, 2.75) is 89.1 Å². The van der Waals surface area contributed by atoms with Gasteiger partial charge in [0.25, 0.3) is 0 Å². The molecule has 1 aromatic heterocycles. The summed E-state index contributed by atoms with van der Waals surface area (Å²) >= 11 is 0. The molecule has 0 bridgehead atoms. The first-order valence-corrected chi connectivity index (χ1v) is 14.7. The van der Waals surface area contributed by atoms with Crippen LogP contribution in [0.1, 0.15) is 81.3 Å². The van der Waals surface area contributed by atoms with E-state index >= 15 is 0 Å². The summed E-state index contributed by atoms with van der Waals surface area (Å²) in [4.78, 5) is 16.6. The van der Waals surface area contributed by atoms with E-state index in [1.54, 1.807) is 0 Å². The molecule has 8 heteroatoms. The number of fused-ring (bicyclic) bond motifs is 2. The molecule has 4 atom stereocenters. The molecule has 2 heterocycles. The van der Waals surface area contributed by atoms with Crippen molar-refractivity contribution >= 4 is 5.97 Å². The molecular formula is C31H44F2N4O2. The van der Waals surface area contributed by atoms with Gasteiger partial charge in [0.05, 0.1) is 5.69 Å². The minimum Gasteiger partial charge on any atom is -0.480 e. The van der Waals surface area contributed by atoms with Crippen molar-refractivity contribution in [2.75, 3.05) is 26.7 Å². The molecule has 39 heavy (non-hydrogen) atoms. The van der Waals surface area contributed by atoms with E-state index in [0.717, 1.165) is 57.8 Å². The lowest BCUT2D eigenvalue weighted by atomic mass is 9.75. The minimum atomic E-state index is -0.817. The molecule has 2 aromatic rings. The highest BCUT2D eigenvalue weighted by Crippen LogP contribution is 2.48. The zero-order chi connectivity index (χ0) is 28.1. The number of nitrogens with zero attached hydrogens (tertiary/aromatic N) is 4. The first kappa shape index (κ1) is 28.2. The molecule has 2 aliphatic carbocycles. The molecule has 214 valence electrons. The van der Waals surface area contributed by atoms with Gasteiger partial charge in [0.2, 0.25) is 0 Å². The average Bonchev–Trinajstić information content (AvgIpc) is 3.54. The summed E-state index contributed by atoms with van der Waals surface area (Å²) in [5.74, 6) is -1.76. The normalized spacial score (nSPS) is 25.6. The molecule has 0 amide bonds. The van der Waals surface area contributed by atoms with Crippen LogP contribution >= 0.6 is 0 Å². The minimum absolute atomic E-state index is 0.0117. The number of hydrogen-bond donors (Lipinski definition) is 1. The number of benzene rings is 1. The fraction of sp³-hybridized carbons (Fsp3) is 0.677. The van der Waals surface area contributed by atoms with Crippen molar-refractivity contribution in [3.63, 3.8) is 0 Å². The van der Waals surface area contributed by atoms with Gasteiger partial charge < -0.3 is 10.0 Å². The quantitative estimate of drug-likeness (QED) is 0.500. The van der Waals surface area contributed by atoms with Crippen LogP contribution in [0.15, 0.2) is 18.2 Å². The highest BCUT2D eigenvalue weighted by atomic mass is 19.1. The van der Waals surface area contributed by atoms with E-state index in [9.17, 15) is 18.7 Å². The number of aromatic nitrogens is 2. The van der Waals surface area contributed by atoms with E-state index < -0.39 is 23.6 Å². The molecule has 3 aliphatic rings. The van der Waals surface area contributed by atoms with Gasteiger partial charge in [-0.3, -0.25) is 14.4 Å². The Labute approximate surface area is 231 Å². The molecule has 0 radical (unpaired) electrons. The summed E-state index contributed by atoms with van der Waals surface area (Å²) in [6.45, 7) is 8.91. The Balaban J connectivity index is 1.33. The number of aryl methyl sites for hydroxylation is 2. The smallest absolute Gasteiger partial charge is 0.321 e. The first-order valence-electron chi connectivity index (χ1n) is 14.7. The van der Waals surface area contributed by atoms with Gasteiger partial charge >= 0.3 is 5.97 Å². The van der Waals surface area contributed by atoms with Crippen molar-refractivity contribution in [1.29, 1.82) is 0 Å². The van der Waals surface area contributed by atoms with E-state index in [-0.39, 0.29) is 29.2 Å². The van der Waals surface area contributed by atoms with Crippen LogP contribution in [0.4, 0.5) is 8.78 Å². The standard InChI is InChI=1S/C31H44F2N4O2/c1-6-27-25-7-8-31(29(25)36(5)34-27)9-11-37(12-10-31)18-21-15-24(35(4)28(19(2)3)30(38)39)17-26(21)20-13-22(32)16-23(33)14-20/h13-14,16,19,21,24,26,28H,6-12,15,17-18H2,1-5H3,(H,38,39)/t21-,24+,26-,28-/m1/s1. The van der Waals surface area contributed by atoms with Gasteiger partial charge in [0.15, 0.2) is 0 Å².